The molecule has 118 valence electrons. The van der Waals surface area contributed by atoms with E-state index >= 15 is 0 Å². The molecule has 0 aliphatic rings. The van der Waals surface area contributed by atoms with Crippen molar-refractivity contribution in [3.05, 3.63) is 60.3 Å². The van der Waals surface area contributed by atoms with Crippen molar-refractivity contribution in [1.82, 2.24) is 4.98 Å². The Morgan fingerprint density at radius 3 is 2.57 bits per heavy atom. The number of aromatic nitrogens is 1. The zero-order valence-electron chi connectivity index (χ0n) is 12.5. The van der Waals surface area contributed by atoms with Crippen molar-refractivity contribution < 1.29 is 13.2 Å². The maximum absolute atomic E-state index is 13.2. The molecule has 0 bridgehead atoms. The third-order valence-electron chi connectivity index (χ3n) is 3.63. The lowest BCUT2D eigenvalue weighted by molar-refractivity contribution is -0.136. The van der Waals surface area contributed by atoms with Crippen molar-refractivity contribution in [2.45, 2.75) is 13.1 Å². The number of para-hydroxylation sites is 1. The fourth-order valence-corrected chi connectivity index (χ4v) is 2.66. The minimum absolute atomic E-state index is 0.0219. The molecule has 0 fully saturated rings. The van der Waals surface area contributed by atoms with E-state index < -0.39 is 11.7 Å². The fourth-order valence-electron chi connectivity index (χ4n) is 2.66. The Labute approximate surface area is 132 Å². The lowest BCUT2D eigenvalue weighted by Gasteiger charge is -2.13. The Morgan fingerprint density at radius 1 is 1.04 bits per heavy atom. The topological polar surface area (TPSA) is 24.9 Å². The van der Waals surface area contributed by atoms with E-state index in [1.807, 2.05) is 31.2 Å². The molecule has 2 nitrogen and oxygen atoms in total. The van der Waals surface area contributed by atoms with E-state index in [0.717, 1.165) is 29.4 Å². The Hall–Kier alpha value is -2.56. The SMILES string of the molecule is CCNc1cccc(-c2ccnc3c(C(F)(F)F)cccc23)c1. The molecule has 1 heterocycles. The predicted octanol–water partition coefficient (Wildman–Crippen LogP) is 5.35. The van der Waals surface area contributed by atoms with Gasteiger partial charge in [-0.3, -0.25) is 4.98 Å². The summed E-state index contributed by atoms with van der Waals surface area (Å²) >= 11 is 0. The summed E-state index contributed by atoms with van der Waals surface area (Å²) in [6.07, 6.45) is -3.00. The van der Waals surface area contributed by atoms with Gasteiger partial charge in [-0.25, -0.2) is 0 Å². The fraction of sp³-hybridized carbons (Fsp3) is 0.167. The van der Waals surface area contributed by atoms with Crippen molar-refractivity contribution in [3.8, 4) is 11.1 Å². The number of nitrogens with zero attached hydrogens (tertiary/aromatic N) is 1. The van der Waals surface area contributed by atoms with Gasteiger partial charge in [-0.15, -0.1) is 0 Å². The summed E-state index contributed by atoms with van der Waals surface area (Å²) in [5, 5.41) is 3.70. The largest absolute Gasteiger partial charge is 0.418 e. The van der Waals surface area contributed by atoms with Crippen LogP contribution in [0.5, 0.6) is 0 Å². The van der Waals surface area contributed by atoms with Crippen LogP contribution in [0.1, 0.15) is 12.5 Å². The van der Waals surface area contributed by atoms with Crippen LogP contribution in [0.15, 0.2) is 54.7 Å². The second-order valence-corrected chi connectivity index (χ2v) is 5.17. The zero-order chi connectivity index (χ0) is 16.4. The molecule has 0 saturated carbocycles. The molecule has 0 amide bonds. The Balaban J connectivity index is 2.21. The molecule has 0 radical (unpaired) electrons. The number of halogens is 3. The molecule has 1 N–H and O–H groups in total. The molecule has 23 heavy (non-hydrogen) atoms. The minimum atomic E-state index is -4.42. The molecular formula is C18H15F3N2. The van der Waals surface area contributed by atoms with E-state index in [4.69, 9.17) is 0 Å². The molecule has 2 aromatic carbocycles. The van der Waals surface area contributed by atoms with Gasteiger partial charge in [-0.1, -0.05) is 24.3 Å². The molecule has 0 aliphatic carbocycles. The number of hydrogen-bond donors (Lipinski definition) is 1. The van der Waals surface area contributed by atoms with Gasteiger partial charge in [0.2, 0.25) is 0 Å². The van der Waals surface area contributed by atoms with E-state index in [0.29, 0.717) is 5.39 Å². The monoisotopic (exact) mass is 316 g/mol. The van der Waals surface area contributed by atoms with Gasteiger partial charge in [0.15, 0.2) is 0 Å². The number of alkyl halides is 3. The Morgan fingerprint density at radius 2 is 1.83 bits per heavy atom. The summed E-state index contributed by atoms with van der Waals surface area (Å²) in [7, 11) is 0. The van der Waals surface area contributed by atoms with Crippen LogP contribution in [0.3, 0.4) is 0 Å². The van der Waals surface area contributed by atoms with Crippen LogP contribution in [0.2, 0.25) is 0 Å². The van der Waals surface area contributed by atoms with Gasteiger partial charge in [0.05, 0.1) is 11.1 Å². The van der Waals surface area contributed by atoms with Gasteiger partial charge in [0.1, 0.15) is 0 Å². The second-order valence-electron chi connectivity index (χ2n) is 5.17. The quantitative estimate of drug-likeness (QED) is 0.704. The first kappa shape index (κ1) is 15.3. The van der Waals surface area contributed by atoms with Gasteiger partial charge in [0, 0.05) is 23.8 Å². The predicted molar refractivity (Wildman–Crippen MR) is 86.3 cm³/mol. The molecular weight excluding hydrogens is 301 g/mol. The number of nitrogens with one attached hydrogen (secondary N) is 1. The van der Waals surface area contributed by atoms with Crippen LogP contribution in [-0.2, 0) is 6.18 Å². The van der Waals surface area contributed by atoms with E-state index in [-0.39, 0.29) is 5.52 Å². The van der Waals surface area contributed by atoms with Crippen molar-refractivity contribution in [2.75, 3.05) is 11.9 Å². The average Bonchev–Trinajstić information content (AvgIpc) is 2.53. The standard InChI is InChI=1S/C18H15F3N2/c1-2-22-13-6-3-5-12(11-13)14-9-10-23-17-15(14)7-4-8-16(17)18(19,20)21/h3-11,22H,2H2,1H3. The number of pyridine rings is 1. The third-order valence-corrected chi connectivity index (χ3v) is 3.63. The van der Waals surface area contributed by atoms with E-state index in [2.05, 4.69) is 10.3 Å². The molecule has 0 aliphatic heterocycles. The highest BCUT2D eigenvalue weighted by Crippen LogP contribution is 2.37. The van der Waals surface area contributed by atoms with Crippen molar-refractivity contribution in [3.63, 3.8) is 0 Å². The van der Waals surface area contributed by atoms with E-state index in [9.17, 15) is 13.2 Å². The molecule has 0 spiro atoms. The molecule has 3 aromatic rings. The minimum Gasteiger partial charge on any atom is -0.385 e. The number of hydrogen-bond acceptors (Lipinski definition) is 2. The zero-order valence-corrected chi connectivity index (χ0v) is 12.5. The van der Waals surface area contributed by atoms with Crippen LogP contribution in [0, 0.1) is 0 Å². The lowest BCUT2D eigenvalue weighted by atomic mass is 9.99. The highest BCUT2D eigenvalue weighted by molar-refractivity contribution is 5.96. The summed E-state index contributed by atoms with van der Waals surface area (Å²) in [6, 6.07) is 13.5. The van der Waals surface area contributed by atoms with Crippen LogP contribution in [0.4, 0.5) is 18.9 Å². The number of benzene rings is 2. The van der Waals surface area contributed by atoms with E-state index in [1.54, 1.807) is 12.1 Å². The highest BCUT2D eigenvalue weighted by atomic mass is 19.4. The Bertz CT molecular complexity index is 841. The van der Waals surface area contributed by atoms with Gasteiger partial charge < -0.3 is 5.32 Å². The summed E-state index contributed by atoms with van der Waals surface area (Å²) in [5.41, 5.74) is 1.80. The van der Waals surface area contributed by atoms with Gasteiger partial charge in [0.25, 0.3) is 0 Å². The third kappa shape index (κ3) is 2.99. The number of rotatable bonds is 3. The van der Waals surface area contributed by atoms with Gasteiger partial charge in [-0.05, 0) is 42.3 Å². The van der Waals surface area contributed by atoms with Crippen molar-refractivity contribution >= 4 is 16.6 Å². The molecule has 1 aromatic heterocycles. The maximum atomic E-state index is 13.2. The second kappa shape index (κ2) is 5.91. The number of fused-ring (bicyclic) bond motifs is 1. The molecule has 0 atom stereocenters. The summed E-state index contributed by atoms with van der Waals surface area (Å²) in [6.45, 7) is 2.77. The summed E-state index contributed by atoms with van der Waals surface area (Å²) in [4.78, 5) is 3.96. The van der Waals surface area contributed by atoms with Crippen LogP contribution < -0.4 is 5.32 Å². The molecule has 0 unspecified atom stereocenters. The smallest absolute Gasteiger partial charge is 0.385 e. The lowest BCUT2D eigenvalue weighted by Crippen LogP contribution is -2.06. The molecule has 0 saturated heterocycles. The normalized spacial score (nSPS) is 11.7. The first-order chi connectivity index (χ1) is 11.0. The average molecular weight is 316 g/mol. The summed E-state index contributed by atoms with van der Waals surface area (Å²) in [5.74, 6) is 0. The van der Waals surface area contributed by atoms with Crippen LogP contribution in [0.25, 0.3) is 22.0 Å². The van der Waals surface area contributed by atoms with Gasteiger partial charge >= 0.3 is 6.18 Å². The van der Waals surface area contributed by atoms with Crippen molar-refractivity contribution in [1.29, 1.82) is 0 Å². The van der Waals surface area contributed by atoms with E-state index in [1.165, 1.54) is 12.3 Å². The van der Waals surface area contributed by atoms with Crippen molar-refractivity contribution in [2.24, 2.45) is 0 Å². The first-order valence-electron chi connectivity index (χ1n) is 7.30. The highest BCUT2D eigenvalue weighted by Gasteiger charge is 2.33. The summed E-state index contributed by atoms with van der Waals surface area (Å²) < 4.78 is 39.5. The maximum Gasteiger partial charge on any atom is 0.418 e. The first-order valence-corrected chi connectivity index (χ1v) is 7.30. The molecule has 5 heteroatoms. The molecule has 3 rings (SSSR count). The van der Waals surface area contributed by atoms with Crippen LogP contribution >= 0.6 is 0 Å². The van der Waals surface area contributed by atoms with Crippen LogP contribution in [-0.4, -0.2) is 11.5 Å². The Kier molecular flexibility index (Phi) is 3.94. The number of anilines is 1. The van der Waals surface area contributed by atoms with Gasteiger partial charge in [-0.2, -0.15) is 13.2 Å².